The van der Waals surface area contributed by atoms with Crippen LogP contribution in [0.5, 0.6) is 0 Å². The third-order valence-electron chi connectivity index (χ3n) is 1.98. The van der Waals surface area contributed by atoms with Crippen molar-refractivity contribution >= 4 is 27.3 Å². The minimum absolute atomic E-state index is 0.109. The molecule has 0 amide bonds. The minimum atomic E-state index is -1.24. The van der Waals surface area contributed by atoms with Gasteiger partial charge in [-0.3, -0.25) is 0 Å². The molecule has 0 aliphatic heterocycles. The molecule has 1 aromatic carbocycles. The molecule has 1 atom stereocenters. The second kappa shape index (κ2) is 4.57. The summed E-state index contributed by atoms with van der Waals surface area (Å²) >= 11 is 4.30. The Morgan fingerprint density at radius 2 is 2.12 bits per heavy atom. The highest BCUT2D eigenvalue weighted by atomic mass is 79.9. The largest absolute Gasteiger partial charge is 0.381 e. The lowest BCUT2D eigenvalue weighted by Crippen LogP contribution is -2.02. The maximum atomic E-state index is 13.4. The summed E-state index contributed by atoms with van der Waals surface area (Å²) in [4.78, 5) is 3.95. The van der Waals surface area contributed by atoms with Crippen molar-refractivity contribution in [1.82, 2.24) is 4.98 Å². The molecular weight excluding hydrogens is 300 g/mol. The molecule has 1 aromatic heterocycles. The second-order valence-electron chi connectivity index (χ2n) is 3.08. The fraction of sp³-hybridized carbons (Fsp3) is 0.100. The number of rotatable bonds is 2. The van der Waals surface area contributed by atoms with Crippen molar-refractivity contribution < 1.29 is 13.9 Å². The smallest absolute Gasteiger partial charge is 0.133 e. The number of aromatic nitrogens is 1. The molecule has 6 heteroatoms. The monoisotopic (exact) mass is 305 g/mol. The normalized spacial score (nSPS) is 12.8. The Morgan fingerprint density at radius 1 is 1.38 bits per heavy atom. The predicted octanol–water partition coefficient (Wildman–Crippen LogP) is 3.27. The SMILES string of the molecule is OC(c1nc(Br)cs1)c1cc(F)ccc1F. The van der Waals surface area contributed by atoms with Gasteiger partial charge in [-0.2, -0.15) is 0 Å². The van der Waals surface area contributed by atoms with E-state index in [-0.39, 0.29) is 5.56 Å². The highest BCUT2D eigenvalue weighted by Gasteiger charge is 2.18. The molecule has 0 radical (unpaired) electrons. The van der Waals surface area contributed by atoms with Gasteiger partial charge in [-0.1, -0.05) is 0 Å². The van der Waals surface area contributed by atoms with Crippen molar-refractivity contribution in [3.05, 3.63) is 50.4 Å². The highest BCUT2D eigenvalue weighted by molar-refractivity contribution is 9.10. The van der Waals surface area contributed by atoms with Gasteiger partial charge in [-0.05, 0) is 34.1 Å². The number of halogens is 3. The van der Waals surface area contributed by atoms with E-state index in [4.69, 9.17) is 0 Å². The molecule has 0 saturated heterocycles. The van der Waals surface area contributed by atoms with Crippen LogP contribution in [-0.2, 0) is 0 Å². The van der Waals surface area contributed by atoms with Crippen LogP contribution >= 0.6 is 27.3 Å². The van der Waals surface area contributed by atoms with Gasteiger partial charge in [0.2, 0.25) is 0 Å². The molecule has 0 spiro atoms. The van der Waals surface area contributed by atoms with Crippen molar-refractivity contribution in [3.8, 4) is 0 Å². The van der Waals surface area contributed by atoms with Gasteiger partial charge in [0, 0.05) is 10.9 Å². The number of benzene rings is 1. The first kappa shape index (κ1) is 11.6. The molecule has 2 aromatic rings. The van der Waals surface area contributed by atoms with Crippen LogP contribution in [0.2, 0.25) is 0 Å². The Bertz CT molecular complexity index is 517. The zero-order valence-corrected chi connectivity index (χ0v) is 10.2. The van der Waals surface area contributed by atoms with Gasteiger partial charge in [-0.15, -0.1) is 11.3 Å². The zero-order chi connectivity index (χ0) is 11.7. The van der Waals surface area contributed by atoms with E-state index in [1.54, 1.807) is 5.38 Å². The number of aliphatic hydroxyl groups excluding tert-OH is 1. The van der Waals surface area contributed by atoms with Gasteiger partial charge in [0.05, 0.1) is 0 Å². The zero-order valence-electron chi connectivity index (χ0n) is 7.82. The van der Waals surface area contributed by atoms with Gasteiger partial charge >= 0.3 is 0 Å². The van der Waals surface area contributed by atoms with Gasteiger partial charge in [-0.25, -0.2) is 13.8 Å². The van der Waals surface area contributed by atoms with Crippen LogP contribution in [-0.4, -0.2) is 10.1 Å². The average molecular weight is 306 g/mol. The van der Waals surface area contributed by atoms with E-state index in [9.17, 15) is 13.9 Å². The Balaban J connectivity index is 2.40. The van der Waals surface area contributed by atoms with E-state index in [1.165, 1.54) is 11.3 Å². The van der Waals surface area contributed by atoms with Gasteiger partial charge in [0.15, 0.2) is 0 Å². The summed E-state index contributed by atoms with van der Waals surface area (Å²) in [5.41, 5.74) is -0.109. The number of thiazole rings is 1. The number of aliphatic hydroxyl groups is 1. The maximum absolute atomic E-state index is 13.4. The van der Waals surface area contributed by atoms with Crippen molar-refractivity contribution in [2.75, 3.05) is 0 Å². The van der Waals surface area contributed by atoms with Crippen molar-refractivity contribution in [3.63, 3.8) is 0 Å². The van der Waals surface area contributed by atoms with Gasteiger partial charge in [0.1, 0.15) is 27.3 Å². The fourth-order valence-corrected chi connectivity index (χ4v) is 2.52. The molecule has 0 saturated carbocycles. The number of hydrogen-bond acceptors (Lipinski definition) is 3. The Labute approximate surface area is 103 Å². The van der Waals surface area contributed by atoms with E-state index in [2.05, 4.69) is 20.9 Å². The topological polar surface area (TPSA) is 33.1 Å². The van der Waals surface area contributed by atoms with Crippen molar-refractivity contribution in [2.45, 2.75) is 6.10 Å². The van der Waals surface area contributed by atoms with E-state index >= 15 is 0 Å². The summed E-state index contributed by atoms with van der Waals surface area (Å²) in [6.45, 7) is 0. The van der Waals surface area contributed by atoms with E-state index < -0.39 is 17.7 Å². The van der Waals surface area contributed by atoms with Crippen LogP contribution < -0.4 is 0 Å². The second-order valence-corrected chi connectivity index (χ2v) is 4.78. The van der Waals surface area contributed by atoms with Crippen LogP contribution in [0.4, 0.5) is 8.78 Å². The summed E-state index contributed by atoms with van der Waals surface area (Å²) in [7, 11) is 0. The Kier molecular flexibility index (Phi) is 3.32. The lowest BCUT2D eigenvalue weighted by Gasteiger charge is -2.08. The van der Waals surface area contributed by atoms with Crippen LogP contribution in [0.25, 0.3) is 0 Å². The molecule has 0 bridgehead atoms. The molecule has 0 fully saturated rings. The summed E-state index contributed by atoms with van der Waals surface area (Å²) in [5.74, 6) is -1.24. The predicted molar refractivity (Wildman–Crippen MR) is 60.2 cm³/mol. The first-order valence-corrected chi connectivity index (χ1v) is 5.99. The first-order valence-electron chi connectivity index (χ1n) is 4.32. The third-order valence-corrected chi connectivity index (χ3v) is 3.59. The molecule has 1 heterocycles. The van der Waals surface area contributed by atoms with Gasteiger partial charge in [0.25, 0.3) is 0 Å². The standard InChI is InChI=1S/C10H6BrF2NOS/c11-8-4-16-10(14-8)9(15)6-3-5(12)1-2-7(6)13/h1-4,9,15H. The summed E-state index contributed by atoms with van der Waals surface area (Å²) in [5, 5.41) is 11.8. The summed E-state index contributed by atoms with van der Waals surface area (Å²) in [6.07, 6.45) is -1.24. The molecule has 84 valence electrons. The van der Waals surface area contributed by atoms with Crippen LogP contribution in [0.3, 0.4) is 0 Å². The Hall–Kier alpha value is -0.850. The van der Waals surface area contributed by atoms with Crippen molar-refractivity contribution in [1.29, 1.82) is 0 Å². The average Bonchev–Trinajstić information content (AvgIpc) is 2.67. The summed E-state index contributed by atoms with van der Waals surface area (Å²) in [6, 6.07) is 2.95. The number of nitrogens with zero attached hydrogens (tertiary/aromatic N) is 1. The molecule has 1 unspecified atom stereocenters. The molecule has 2 nitrogen and oxygen atoms in total. The lowest BCUT2D eigenvalue weighted by atomic mass is 10.1. The lowest BCUT2D eigenvalue weighted by molar-refractivity contribution is 0.213. The molecule has 16 heavy (non-hydrogen) atoms. The molecular formula is C10H6BrF2NOS. The molecule has 0 aliphatic carbocycles. The quantitative estimate of drug-likeness (QED) is 0.924. The van der Waals surface area contributed by atoms with Gasteiger partial charge < -0.3 is 5.11 Å². The van der Waals surface area contributed by atoms with Crippen LogP contribution in [0.15, 0.2) is 28.2 Å². The molecule has 1 N–H and O–H groups in total. The molecule has 2 rings (SSSR count). The minimum Gasteiger partial charge on any atom is -0.381 e. The van der Waals surface area contributed by atoms with Crippen LogP contribution in [0.1, 0.15) is 16.7 Å². The van der Waals surface area contributed by atoms with E-state index in [1.807, 2.05) is 0 Å². The van der Waals surface area contributed by atoms with Crippen molar-refractivity contribution in [2.24, 2.45) is 0 Å². The van der Waals surface area contributed by atoms with E-state index in [0.717, 1.165) is 18.2 Å². The summed E-state index contributed by atoms with van der Waals surface area (Å²) < 4.78 is 26.8. The fourth-order valence-electron chi connectivity index (χ4n) is 1.25. The molecule has 0 aliphatic rings. The van der Waals surface area contributed by atoms with Crippen LogP contribution in [0, 0.1) is 11.6 Å². The van der Waals surface area contributed by atoms with E-state index in [0.29, 0.717) is 9.61 Å². The third kappa shape index (κ3) is 2.28. The first-order chi connectivity index (χ1) is 7.58. The highest BCUT2D eigenvalue weighted by Crippen LogP contribution is 2.28. The maximum Gasteiger partial charge on any atom is 0.133 e. The number of hydrogen-bond donors (Lipinski definition) is 1. The Morgan fingerprint density at radius 3 is 2.75 bits per heavy atom.